The molecular formula is C53H75NO14. The smallest absolute Gasteiger partial charge is 0.217 e. The second kappa shape index (κ2) is 25.8. The Bertz CT molecular complexity index is 1990. The standard InChI is InChI=1S/C53H75NO14/c1-4-37-29-39(65-52(64-37)45-21-6-9-24-48(45)59)19-13-18-38-31-43(63-50(62-38)32-54-34(3)55)28-36(57)15-12-17-41-30-40(66-53(67-41)46-22-7-10-25-49(46)60)16-11-14-35(56)27-42-26-33(2)61-51(68-42)44-20-5-8-23-47(44)58/h5-10,20-25,33,35-43,50-53,56-60H,4,11-19,26-32H2,1-3H3,(H,54,55). The molecule has 15 heteroatoms. The maximum atomic E-state index is 11.8. The van der Waals surface area contributed by atoms with Crippen molar-refractivity contribution >= 4 is 5.91 Å². The third-order valence-electron chi connectivity index (χ3n) is 13.6. The van der Waals surface area contributed by atoms with Gasteiger partial charge < -0.3 is 68.7 Å². The number of carbonyl (C=O) groups excluding carboxylic acids is 1. The number of hydrogen-bond acceptors (Lipinski definition) is 14. The van der Waals surface area contributed by atoms with Crippen molar-refractivity contribution in [2.75, 3.05) is 6.54 Å². The normalized spacial score (nSPS) is 30.9. The molecule has 1 amide bonds. The predicted molar refractivity (Wildman–Crippen MR) is 251 cm³/mol. The Kier molecular flexibility index (Phi) is 19.7. The Morgan fingerprint density at radius 2 is 0.926 bits per heavy atom. The summed E-state index contributed by atoms with van der Waals surface area (Å²) in [4.78, 5) is 11.8. The number of ether oxygens (including phenoxy) is 8. The monoisotopic (exact) mass is 950 g/mol. The second-order valence-corrected chi connectivity index (χ2v) is 19.2. The van der Waals surface area contributed by atoms with Crippen LogP contribution in [0, 0.1) is 0 Å². The number of phenolic OH excluding ortho intramolecular Hbond substituents is 3. The molecule has 0 radical (unpaired) electrons. The third kappa shape index (κ3) is 15.6. The summed E-state index contributed by atoms with van der Waals surface area (Å²) in [7, 11) is 0. The minimum Gasteiger partial charge on any atom is -0.507 e. The summed E-state index contributed by atoms with van der Waals surface area (Å²) in [6.45, 7) is 5.74. The van der Waals surface area contributed by atoms with E-state index in [9.17, 15) is 30.3 Å². The molecule has 0 saturated carbocycles. The molecule has 6 N–H and O–H groups in total. The maximum absolute atomic E-state index is 11.8. The first-order valence-corrected chi connectivity index (χ1v) is 25.1. The van der Waals surface area contributed by atoms with Gasteiger partial charge in [0.1, 0.15) is 17.2 Å². The van der Waals surface area contributed by atoms with Gasteiger partial charge in [-0.15, -0.1) is 0 Å². The van der Waals surface area contributed by atoms with Gasteiger partial charge in [0.25, 0.3) is 0 Å². The van der Waals surface area contributed by atoms with Gasteiger partial charge in [-0.3, -0.25) is 4.79 Å². The van der Waals surface area contributed by atoms with Crippen LogP contribution in [0.4, 0.5) is 0 Å². The highest BCUT2D eigenvalue weighted by Gasteiger charge is 2.36. The Labute approximate surface area is 401 Å². The molecule has 3 aromatic carbocycles. The first-order valence-electron chi connectivity index (χ1n) is 25.1. The molecule has 7 rings (SSSR count). The van der Waals surface area contributed by atoms with E-state index in [-0.39, 0.29) is 78.5 Å². The van der Waals surface area contributed by atoms with Crippen LogP contribution in [0.1, 0.15) is 159 Å². The number of hydrogen-bond donors (Lipinski definition) is 6. The summed E-state index contributed by atoms with van der Waals surface area (Å²) < 4.78 is 50.2. The number of amides is 1. The molecule has 376 valence electrons. The van der Waals surface area contributed by atoms with E-state index in [0.717, 1.165) is 32.1 Å². The minimum absolute atomic E-state index is 0.0237. The van der Waals surface area contributed by atoms with Crippen LogP contribution in [0.5, 0.6) is 17.2 Å². The van der Waals surface area contributed by atoms with Gasteiger partial charge in [0.2, 0.25) is 5.91 Å². The van der Waals surface area contributed by atoms with E-state index in [2.05, 4.69) is 12.2 Å². The van der Waals surface area contributed by atoms with E-state index in [0.29, 0.717) is 87.3 Å². The number of para-hydroxylation sites is 3. The molecule has 4 aliphatic rings. The summed E-state index contributed by atoms with van der Waals surface area (Å²) in [5.74, 6) is 0.194. The molecule has 14 atom stereocenters. The maximum Gasteiger partial charge on any atom is 0.217 e. The molecule has 0 aromatic heterocycles. The molecule has 3 aromatic rings. The van der Waals surface area contributed by atoms with Crippen LogP contribution in [0.15, 0.2) is 72.8 Å². The van der Waals surface area contributed by atoms with Gasteiger partial charge in [0.05, 0.1) is 67.6 Å². The van der Waals surface area contributed by atoms with Crippen molar-refractivity contribution in [2.45, 2.75) is 210 Å². The second-order valence-electron chi connectivity index (χ2n) is 19.2. The van der Waals surface area contributed by atoms with Gasteiger partial charge in [-0.2, -0.15) is 0 Å². The van der Waals surface area contributed by atoms with Crippen LogP contribution < -0.4 is 5.32 Å². The van der Waals surface area contributed by atoms with Crippen LogP contribution in [0.25, 0.3) is 0 Å². The lowest BCUT2D eigenvalue weighted by Crippen LogP contribution is -2.45. The lowest BCUT2D eigenvalue weighted by atomic mass is 9.95. The fourth-order valence-electron chi connectivity index (χ4n) is 10.0. The first kappa shape index (κ1) is 52.0. The van der Waals surface area contributed by atoms with Crippen molar-refractivity contribution in [1.82, 2.24) is 5.32 Å². The molecule has 0 aliphatic carbocycles. The van der Waals surface area contributed by atoms with Crippen molar-refractivity contribution in [2.24, 2.45) is 0 Å². The average Bonchev–Trinajstić information content (AvgIpc) is 3.31. The van der Waals surface area contributed by atoms with Gasteiger partial charge in [-0.1, -0.05) is 61.5 Å². The van der Waals surface area contributed by atoms with Crippen molar-refractivity contribution in [1.29, 1.82) is 0 Å². The lowest BCUT2D eigenvalue weighted by molar-refractivity contribution is -0.253. The molecule has 15 nitrogen and oxygen atoms in total. The van der Waals surface area contributed by atoms with Crippen LogP contribution in [0.2, 0.25) is 0 Å². The molecule has 4 fully saturated rings. The van der Waals surface area contributed by atoms with E-state index in [1.165, 1.54) is 6.92 Å². The summed E-state index contributed by atoms with van der Waals surface area (Å²) in [5, 5.41) is 56.9. The zero-order valence-electron chi connectivity index (χ0n) is 39.9. The van der Waals surface area contributed by atoms with E-state index < -0.39 is 37.4 Å². The highest BCUT2D eigenvalue weighted by molar-refractivity contribution is 5.72. The Morgan fingerprint density at radius 3 is 1.41 bits per heavy atom. The van der Waals surface area contributed by atoms with Crippen molar-refractivity contribution < 1.29 is 68.2 Å². The average molecular weight is 950 g/mol. The highest BCUT2D eigenvalue weighted by Crippen LogP contribution is 2.40. The molecule has 4 heterocycles. The van der Waals surface area contributed by atoms with Gasteiger partial charge in [-0.05, 0) is 109 Å². The van der Waals surface area contributed by atoms with Gasteiger partial charge in [0, 0.05) is 42.9 Å². The van der Waals surface area contributed by atoms with Gasteiger partial charge >= 0.3 is 0 Å². The lowest BCUT2D eigenvalue weighted by Gasteiger charge is -2.38. The van der Waals surface area contributed by atoms with Crippen LogP contribution in [0.3, 0.4) is 0 Å². The topological polar surface area (TPSA) is 204 Å². The molecule has 0 bridgehead atoms. The number of aliphatic hydroxyl groups excluding tert-OH is 2. The largest absolute Gasteiger partial charge is 0.507 e. The molecule has 4 saturated heterocycles. The number of rotatable bonds is 22. The Hall–Kier alpha value is -3.87. The van der Waals surface area contributed by atoms with Gasteiger partial charge in [-0.25, -0.2) is 0 Å². The van der Waals surface area contributed by atoms with Crippen molar-refractivity contribution in [3.8, 4) is 17.2 Å². The number of phenols is 3. The SMILES string of the molecule is CCC1CC(CCCC2CC(CC(O)CCCC3CC(CCCC(O)CC4CC(C)OC(c5ccccc5O)O4)OC(c4ccccc4O)O3)OC(CNC(C)=O)O2)OC(c2ccccc2O)O1. The van der Waals surface area contributed by atoms with Crippen molar-refractivity contribution in [3.63, 3.8) is 0 Å². The number of carbonyl (C=O) groups is 1. The zero-order chi connectivity index (χ0) is 48.0. The highest BCUT2D eigenvalue weighted by atomic mass is 16.7. The van der Waals surface area contributed by atoms with Crippen LogP contribution >= 0.6 is 0 Å². The summed E-state index contributed by atoms with van der Waals surface area (Å²) in [5.41, 5.74) is 1.77. The molecule has 4 aliphatic heterocycles. The quantitative estimate of drug-likeness (QED) is 0.0558. The third-order valence-corrected chi connectivity index (χ3v) is 13.6. The molecule has 0 spiro atoms. The minimum atomic E-state index is -0.754. The Morgan fingerprint density at radius 1 is 0.544 bits per heavy atom. The summed E-state index contributed by atoms with van der Waals surface area (Å²) in [6, 6.07) is 21.1. The zero-order valence-corrected chi connectivity index (χ0v) is 39.9. The summed E-state index contributed by atoms with van der Waals surface area (Å²) >= 11 is 0. The Balaban J connectivity index is 0.874. The van der Waals surface area contributed by atoms with E-state index in [4.69, 9.17) is 37.9 Å². The predicted octanol–water partition coefficient (Wildman–Crippen LogP) is 8.80. The van der Waals surface area contributed by atoms with Crippen LogP contribution in [-0.2, 0) is 42.7 Å². The van der Waals surface area contributed by atoms with E-state index >= 15 is 0 Å². The summed E-state index contributed by atoms with van der Waals surface area (Å²) in [6.07, 6.45) is 5.64. The first-order chi connectivity index (χ1) is 32.9. The molecule has 14 unspecified atom stereocenters. The number of aliphatic hydroxyl groups is 2. The van der Waals surface area contributed by atoms with Gasteiger partial charge in [0.15, 0.2) is 25.2 Å². The van der Waals surface area contributed by atoms with E-state index in [1.54, 1.807) is 48.5 Å². The number of aromatic hydroxyl groups is 3. The number of nitrogens with one attached hydrogen (secondary N) is 1. The fraction of sp³-hybridized carbons (Fsp3) is 0.642. The molecular weight excluding hydrogens is 875 g/mol. The van der Waals surface area contributed by atoms with Crippen molar-refractivity contribution in [3.05, 3.63) is 89.5 Å². The van der Waals surface area contributed by atoms with E-state index in [1.807, 2.05) is 31.2 Å². The number of benzene rings is 3. The van der Waals surface area contributed by atoms with Crippen LogP contribution in [-0.4, -0.2) is 105 Å². The molecule has 68 heavy (non-hydrogen) atoms. The fourth-order valence-corrected chi connectivity index (χ4v) is 10.0.